The van der Waals surface area contributed by atoms with Crippen molar-refractivity contribution in [3.8, 4) is 0 Å². The largest absolute Gasteiger partial charge is 0.341 e. The van der Waals surface area contributed by atoms with Crippen LogP contribution in [0.15, 0.2) is 48.7 Å². The molecule has 0 fully saturated rings. The van der Waals surface area contributed by atoms with E-state index in [1.54, 1.807) is 43.5 Å². The zero-order valence-corrected chi connectivity index (χ0v) is 12.0. The van der Waals surface area contributed by atoms with Gasteiger partial charge in [-0.2, -0.15) is 0 Å². The molecule has 0 radical (unpaired) electrons. The molecule has 1 heterocycles. The zero-order valence-electron chi connectivity index (χ0n) is 12.0. The molecule has 1 atom stereocenters. The average Bonchev–Trinajstić information content (AvgIpc) is 2.50. The Morgan fingerprint density at radius 1 is 1.10 bits per heavy atom. The van der Waals surface area contributed by atoms with Crippen LogP contribution in [0.2, 0.25) is 0 Å². The number of hydrogen-bond donors (Lipinski definition) is 2. The van der Waals surface area contributed by atoms with Crippen molar-refractivity contribution in [2.24, 2.45) is 0 Å². The number of aryl methyl sites for hydroxylation is 1. The normalized spacial score (nSPS) is 11.5. The van der Waals surface area contributed by atoms with Crippen molar-refractivity contribution in [3.63, 3.8) is 0 Å². The maximum absolute atomic E-state index is 12.0. The van der Waals surface area contributed by atoms with Crippen LogP contribution in [-0.2, 0) is 4.79 Å². The first kappa shape index (κ1) is 14.7. The number of carbonyl (C=O) groups excluding carboxylic acids is 2. The topological polar surface area (TPSA) is 71.1 Å². The number of benzene rings is 1. The van der Waals surface area contributed by atoms with Gasteiger partial charge in [0.25, 0.3) is 5.91 Å². The van der Waals surface area contributed by atoms with Crippen molar-refractivity contribution in [2.75, 3.05) is 5.32 Å². The van der Waals surface area contributed by atoms with E-state index in [2.05, 4.69) is 15.6 Å². The number of anilines is 1. The highest BCUT2D eigenvalue weighted by Crippen LogP contribution is 2.05. The van der Waals surface area contributed by atoms with Crippen LogP contribution in [0.3, 0.4) is 0 Å². The Morgan fingerprint density at radius 2 is 1.81 bits per heavy atom. The van der Waals surface area contributed by atoms with Gasteiger partial charge in [0.05, 0.1) is 0 Å². The third-order valence-electron chi connectivity index (χ3n) is 2.94. The number of aromatic nitrogens is 1. The fraction of sp³-hybridized carbons (Fsp3) is 0.188. The van der Waals surface area contributed by atoms with E-state index >= 15 is 0 Å². The van der Waals surface area contributed by atoms with Crippen LogP contribution in [0.25, 0.3) is 0 Å². The van der Waals surface area contributed by atoms with Crippen molar-refractivity contribution in [1.82, 2.24) is 10.3 Å². The molecule has 1 unspecified atom stereocenters. The Hall–Kier alpha value is -2.69. The molecule has 5 nitrogen and oxygen atoms in total. The summed E-state index contributed by atoms with van der Waals surface area (Å²) in [7, 11) is 0. The lowest BCUT2D eigenvalue weighted by Crippen LogP contribution is -2.41. The van der Waals surface area contributed by atoms with Crippen molar-refractivity contribution in [2.45, 2.75) is 19.9 Å². The van der Waals surface area contributed by atoms with Crippen LogP contribution >= 0.6 is 0 Å². The Bertz CT molecular complexity index is 624. The summed E-state index contributed by atoms with van der Waals surface area (Å²) < 4.78 is 0. The van der Waals surface area contributed by atoms with E-state index in [0.717, 1.165) is 5.56 Å². The molecule has 0 saturated heterocycles. The fourth-order valence-corrected chi connectivity index (χ4v) is 1.71. The molecule has 0 aliphatic carbocycles. The Labute approximate surface area is 123 Å². The second-order valence-corrected chi connectivity index (χ2v) is 4.77. The molecule has 2 rings (SSSR count). The molecular weight excluding hydrogens is 266 g/mol. The molecule has 0 bridgehead atoms. The Balaban J connectivity index is 1.93. The average molecular weight is 283 g/mol. The van der Waals surface area contributed by atoms with Gasteiger partial charge in [-0.3, -0.25) is 9.59 Å². The van der Waals surface area contributed by atoms with Crippen LogP contribution in [0.4, 0.5) is 5.82 Å². The van der Waals surface area contributed by atoms with Gasteiger partial charge < -0.3 is 10.6 Å². The van der Waals surface area contributed by atoms with Crippen LogP contribution in [0.5, 0.6) is 0 Å². The summed E-state index contributed by atoms with van der Waals surface area (Å²) in [5, 5.41) is 5.31. The molecule has 108 valence electrons. The highest BCUT2D eigenvalue weighted by atomic mass is 16.2. The zero-order chi connectivity index (χ0) is 15.2. The molecule has 0 spiro atoms. The van der Waals surface area contributed by atoms with E-state index in [1.165, 1.54) is 0 Å². The van der Waals surface area contributed by atoms with Crippen LogP contribution in [-0.4, -0.2) is 22.8 Å². The van der Waals surface area contributed by atoms with Gasteiger partial charge >= 0.3 is 0 Å². The van der Waals surface area contributed by atoms with Gasteiger partial charge in [-0.25, -0.2) is 4.98 Å². The summed E-state index contributed by atoms with van der Waals surface area (Å²) in [5.74, 6) is -0.128. The van der Waals surface area contributed by atoms with Crippen LogP contribution in [0.1, 0.15) is 22.8 Å². The fourth-order valence-electron chi connectivity index (χ4n) is 1.71. The summed E-state index contributed by atoms with van der Waals surface area (Å²) in [5.41, 5.74) is 1.53. The van der Waals surface area contributed by atoms with Crippen LogP contribution in [0, 0.1) is 6.92 Å². The van der Waals surface area contributed by atoms with Gasteiger partial charge in [-0.1, -0.05) is 24.3 Å². The molecule has 21 heavy (non-hydrogen) atoms. The molecule has 1 aromatic carbocycles. The number of pyridine rings is 1. The lowest BCUT2D eigenvalue weighted by Gasteiger charge is -2.13. The lowest BCUT2D eigenvalue weighted by molar-refractivity contribution is -0.117. The predicted octanol–water partition coefficient (Wildman–Crippen LogP) is 2.15. The van der Waals surface area contributed by atoms with Gasteiger partial charge in [-0.05, 0) is 37.6 Å². The number of carbonyl (C=O) groups is 2. The number of hydrogen-bond acceptors (Lipinski definition) is 3. The summed E-state index contributed by atoms with van der Waals surface area (Å²) >= 11 is 0. The number of rotatable bonds is 4. The van der Waals surface area contributed by atoms with Crippen molar-refractivity contribution in [3.05, 3.63) is 59.8 Å². The predicted molar refractivity (Wildman–Crippen MR) is 81.0 cm³/mol. The quantitative estimate of drug-likeness (QED) is 0.903. The van der Waals surface area contributed by atoms with Gasteiger partial charge in [0.2, 0.25) is 5.91 Å². The highest BCUT2D eigenvalue weighted by Gasteiger charge is 2.16. The van der Waals surface area contributed by atoms with Gasteiger partial charge in [0, 0.05) is 11.8 Å². The molecule has 2 aromatic rings. The first-order chi connectivity index (χ1) is 10.1. The standard InChI is InChI=1S/C16H17N3O2/c1-11-8-9-14(17-10-11)19-15(20)12(2)18-16(21)13-6-4-3-5-7-13/h3-10,12H,1-2H3,(H,18,21)(H,17,19,20). The summed E-state index contributed by atoms with van der Waals surface area (Å²) in [6.45, 7) is 3.55. The molecule has 1 aromatic heterocycles. The third kappa shape index (κ3) is 4.14. The summed E-state index contributed by atoms with van der Waals surface area (Å²) in [6.07, 6.45) is 1.67. The first-order valence-electron chi connectivity index (χ1n) is 6.65. The molecule has 0 aliphatic rings. The first-order valence-corrected chi connectivity index (χ1v) is 6.65. The van der Waals surface area contributed by atoms with E-state index in [9.17, 15) is 9.59 Å². The SMILES string of the molecule is Cc1ccc(NC(=O)C(C)NC(=O)c2ccccc2)nc1. The van der Waals surface area contributed by atoms with Crippen LogP contribution < -0.4 is 10.6 Å². The second-order valence-electron chi connectivity index (χ2n) is 4.77. The van der Waals surface area contributed by atoms with Crippen molar-refractivity contribution in [1.29, 1.82) is 0 Å². The molecule has 2 N–H and O–H groups in total. The maximum atomic E-state index is 12.0. The lowest BCUT2D eigenvalue weighted by atomic mass is 10.2. The van der Waals surface area contributed by atoms with E-state index in [4.69, 9.17) is 0 Å². The van der Waals surface area contributed by atoms with Gasteiger partial charge in [-0.15, -0.1) is 0 Å². The molecular formula is C16H17N3O2. The number of amides is 2. The Kier molecular flexibility index (Phi) is 4.66. The molecule has 5 heteroatoms. The van der Waals surface area contributed by atoms with Gasteiger partial charge in [0.1, 0.15) is 11.9 Å². The third-order valence-corrected chi connectivity index (χ3v) is 2.94. The van der Waals surface area contributed by atoms with Crippen molar-refractivity contribution >= 4 is 17.6 Å². The smallest absolute Gasteiger partial charge is 0.251 e. The van der Waals surface area contributed by atoms with Crippen molar-refractivity contribution < 1.29 is 9.59 Å². The minimum Gasteiger partial charge on any atom is -0.341 e. The molecule has 0 aliphatic heterocycles. The Morgan fingerprint density at radius 3 is 2.43 bits per heavy atom. The number of nitrogens with one attached hydrogen (secondary N) is 2. The van der Waals surface area contributed by atoms with E-state index in [-0.39, 0.29) is 11.8 Å². The highest BCUT2D eigenvalue weighted by molar-refractivity contribution is 6.00. The van der Waals surface area contributed by atoms with E-state index < -0.39 is 6.04 Å². The van der Waals surface area contributed by atoms with E-state index in [0.29, 0.717) is 11.4 Å². The molecule has 0 saturated carbocycles. The number of nitrogens with zero attached hydrogens (tertiary/aromatic N) is 1. The maximum Gasteiger partial charge on any atom is 0.251 e. The second kappa shape index (κ2) is 6.65. The van der Waals surface area contributed by atoms with E-state index in [1.807, 2.05) is 19.1 Å². The minimum absolute atomic E-state index is 0.282. The summed E-state index contributed by atoms with van der Waals surface area (Å²) in [4.78, 5) is 28.0. The summed E-state index contributed by atoms with van der Waals surface area (Å²) in [6, 6.07) is 11.7. The van der Waals surface area contributed by atoms with Gasteiger partial charge in [0.15, 0.2) is 0 Å². The minimum atomic E-state index is -0.652. The monoisotopic (exact) mass is 283 g/mol. The molecule has 2 amide bonds.